The molecular formula is C30H33N5O. The molecule has 0 unspecified atom stereocenters. The second-order valence-electron chi connectivity index (χ2n) is 9.86. The minimum Gasteiger partial charge on any atom is -0.338 e. The van der Waals surface area contributed by atoms with Crippen molar-refractivity contribution in [3.63, 3.8) is 0 Å². The van der Waals surface area contributed by atoms with Gasteiger partial charge in [0.2, 0.25) is 0 Å². The van der Waals surface area contributed by atoms with E-state index in [4.69, 9.17) is 4.98 Å². The zero-order valence-electron chi connectivity index (χ0n) is 21.3. The molecule has 2 aromatic carbocycles. The van der Waals surface area contributed by atoms with Gasteiger partial charge in [0.25, 0.3) is 5.91 Å². The highest BCUT2D eigenvalue weighted by atomic mass is 16.2. The number of benzene rings is 2. The van der Waals surface area contributed by atoms with Crippen LogP contribution in [-0.2, 0) is 13.0 Å². The van der Waals surface area contributed by atoms with E-state index in [2.05, 4.69) is 47.3 Å². The lowest BCUT2D eigenvalue weighted by atomic mass is 9.89. The summed E-state index contributed by atoms with van der Waals surface area (Å²) in [7, 11) is 0. The molecule has 6 heteroatoms. The summed E-state index contributed by atoms with van der Waals surface area (Å²) in [6.45, 7) is 8.18. The standard InChI is InChI=1S/C30H33N5O/c1-21-16-22(2)35(33-21)19-25-11-13-26(14-12-25)30(36)34-15-7-10-27(20-34)29-28(18-31-23(3)32-29)17-24-8-5-4-6-9-24/h4-6,8-9,11-14,16,18,27H,7,10,15,17,19-20H2,1-3H3/t27-/m1/s1. The number of likely N-dealkylation sites (tertiary alicyclic amines) is 1. The summed E-state index contributed by atoms with van der Waals surface area (Å²) in [4.78, 5) is 24.8. The topological polar surface area (TPSA) is 63.9 Å². The maximum Gasteiger partial charge on any atom is 0.253 e. The van der Waals surface area contributed by atoms with Crippen LogP contribution in [0.4, 0.5) is 0 Å². The van der Waals surface area contributed by atoms with Gasteiger partial charge >= 0.3 is 0 Å². The van der Waals surface area contributed by atoms with Gasteiger partial charge in [-0.2, -0.15) is 5.10 Å². The second kappa shape index (κ2) is 10.4. The highest BCUT2D eigenvalue weighted by molar-refractivity contribution is 5.94. The minimum atomic E-state index is 0.0905. The molecule has 3 heterocycles. The summed E-state index contributed by atoms with van der Waals surface area (Å²) >= 11 is 0. The van der Waals surface area contributed by atoms with Gasteiger partial charge in [-0.15, -0.1) is 0 Å². The minimum absolute atomic E-state index is 0.0905. The molecule has 1 aliphatic heterocycles. The van der Waals surface area contributed by atoms with E-state index in [0.717, 1.165) is 65.4 Å². The molecular weight excluding hydrogens is 446 g/mol. The molecule has 2 aromatic heterocycles. The SMILES string of the molecule is Cc1cc(C)n(Cc2ccc(C(=O)N3CCC[C@@H](c4nc(C)ncc4Cc4ccccc4)C3)cc2)n1. The lowest BCUT2D eigenvalue weighted by Crippen LogP contribution is -2.39. The first-order chi connectivity index (χ1) is 17.5. The Hall–Kier alpha value is -3.80. The van der Waals surface area contributed by atoms with Crippen molar-refractivity contribution in [2.24, 2.45) is 0 Å². The van der Waals surface area contributed by atoms with Crippen LogP contribution in [0.5, 0.6) is 0 Å². The van der Waals surface area contributed by atoms with Crippen LogP contribution in [0.25, 0.3) is 0 Å². The smallest absolute Gasteiger partial charge is 0.253 e. The molecule has 0 N–H and O–H groups in total. The number of hydrogen-bond donors (Lipinski definition) is 0. The summed E-state index contributed by atoms with van der Waals surface area (Å²) in [6, 6.07) is 20.5. The molecule has 184 valence electrons. The molecule has 0 radical (unpaired) electrons. The number of aromatic nitrogens is 4. The summed E-state index contributed by atoms with van der Waals surface area (Å²) in [5, 5.41) is 4.54. The lowest BCUT2D eigenvalue weighted by molar-refractivity contribution is 0.0705. The number of rotatable bonds is 6. The monoisotopic (exact) mass is 479 g/mol. The highest BCUT2D eigenvalue weighted by Crippen LogP contribution is 2.30. The average Bonchev–Trinajstić information content (AvgIpc) is 3.22. The normalized spacial score (nSPS) is 15.8. The maximum atomic E-state index is 13.4. The molecule has 0 saturated carbocycles. The molecule has 1 aliphatic rings. The fourth-order valence-electron chi connectivity index (χ4n) is 5.15. The van der Waals surface area contributed by atoms with Gasteiger partial charge in [-0.25, -0.2) is 9.97 Å². The first-order valence-electron chi connectivity index (χ1n) is 12.7. The highest BCUT2D eigenvalue weighted by Gasteiger charge is 2.28. The van der Waals surface area contributed by atoms with E-state index in [-0.39, 0.29) is 11.8 Å². The maximum absolute atomic E-state index is 13.4. The number of hydrogen-bond acceptors (Lipinski definition) is 4. The zero-order chi connectivity index (χ0) is 25.1. The van der Waals surface area contributed by atoms with Crippen LogP contribution >= 0.6 is 0 Å². The lowest BCUT2D eigenvalue weighted by Gasteiger charge is -2.33. The molecule has 1 saturated heterocycles. The number of carbonyl (C=O) groups is 1. The Labute approximate surface area is 213 Å². The van der Waals surface area contributed by atoms with Crippen LogP contribution < -0.4 is 0 Å². The van der Waals surface area contributed by atoms with E-state index in [0.29, 0.717) is 13.1 Å². The third kappa shape index (κ3) is 5.38. The Morgan fingerprint density at radius 3 is 2.50 bits per heavy atom. The van der Waals surface area contributed by atoms with Gasteiger partial charge < -0.3 is 4.90 Å². The van der Waals surface area contributed by atoms with Gasteiger partial charge in [0.1, 0.15) is 5.82 Å². The molecule has 1 fully saturated rings. The zero-order valence-corrected chi connectivity index (χ0v) is 21.3. The molecule has 1 atom stereocenters. The van der Waals surface area contributed by atoms with Crippen molar-refractivity contribution in [2.45, 2.75) is 52.5 Å². The van der Waals surface area contributed by atoms with Crippen LogP contribution in [-0.4, -0.2) is 43.6 Å². The molecule has 0 bridgehead atoms. The van der Waals surface area contributed by atoms with E-state index in [1.54, 1.807) is 0 Å². The van der Waals surface area contributed by atoms with Crippen molar-refractivity contribution in [3.8, 4) is 0 Å². The first kappa shape index (κ1) is 23.9. The Morgan fingerprint density at radius 2 is 1.78 bits per heavy atom. The molecule has 4 aromatic rings. The molecule has 36 heavy (non-hydrogen) atoms. The Bertz CT molecular complexity index is 1340. The fourth-order valence-corrected chi connectivity index (χ4v) is 5.15. The third-order valence-electron chi connectivity index (χ3n) is 6.99. The largest absolute Gasteiger partial charge is 0.338 e. The van der Waals surface area contributed by atoms with E-state index < -0.39 is 0 Å². The molecule has 5 rings (SSSR count). The van der Waals surface area contributed by atoms with Crippen molar-refractivity contribution >= 4 is 5.91 Å². The van der Waals surface area contributed by atoms with Gasteiger partial charge in [0.05, 0.1) is 17.9 Å². The molecule has 0 aliphatic carbocycles. The Morgan fingerprint density at radius 1 is 1.00 bits per heavy atom. The van der Waals surface area contributed by atoms with Crippen LogP contribution in [0.3, 0.4) is 0 Å². The van der Waals surface area contributed by atoms with E-state index in [9.17, 15) is 4.79 Å². The van der Waals surface area contributed by atoms with Crippen LogP contribution in [0, 0.1) is 20.8 Å². The average molecular weight is 480 g/mol. The van der Waals surface area contributed by atoms with Crippen LogP contribution in [0.2, 0.25) is 0 Å². The van der Waals surface area contributed by atoms with Gasteiger partial charge in [-0.1, -0.05) is 42.5 Å². The van der Waals surface area contributed by atoms with E-state index in [1.807, 2.05) is 60.0 Å². The number of piperidine rings is 1. The quantitative estimate of drug-likeness (QED) is 0.379. The van der Waals surface area contributed by atoms with Crippen LogP contribution in [0.1, 0.15) is 68.7 Å². The van der Waals surface area contributed by atoms with Crippen molar-refractivity contribution in [2.75, 3.05) is 13.1 Å². The number of nitrogens with zero attached hydrogens (tertiary/aromatic N) is 5. The Kier molecular flexibility index (Phi) is 6.94. The van der Waals surface area contributed by atoms with Crippen molar-refractivity contribution < 1.29 is 4.79 Å². The Balaban J connectivity index is 1.30. The number of carbonyl (C=O) groups excluding carboxylic acids is 1. The van der Waals surface area contributed by atoms with Gasteiger partial charge in [0.15, 0.2) is 0 Å². The van der Waals surface area contributed by atoms with Crippen LogP contribution in [0.15, 0.2) is 66.9 Å². The second-order valence-corrected chi connectivity index (χ2v) is 9.86. The predicted octanol–water partition coefficient (Wildman–Crippen LogP) is 5.26. The van der Waals surface area contributed by atoms with Crippen molar-refractivity contribution in [1.29, 1.82) is 0 Å². The molecule has 0 spiro atoms. The predicted molar refractivity (Wildman–Crippen MR) is 141 cm³/mol. The van der Waals surface area contributed by atoms with Crippen molar-refractivity contribution in [3.05, 3.63) is 112 Å². The van der Waals surface area contributed by atoms with Gasteiger partial charge in [-0.05, 0) is 68.5 Å². The van der Waals surface area contributed by atoms with E-state index >= 15 is 0 Å². The summed E-state index contributed by atoms with van der Waals surface area (Å²) < 4.78 is 2.00. The first-order valence-corrected chi connectivity index (χ1v) is 12.7. The van der Waals surface area contributed by atoms with Gasteiger partial charge in [-0.3, -0.25) is 9.48 Å². The molecule has 1 amide bonds. The fraction of sp³-hybridized carbons (Fsp3) is 0.333. The van der Waals surface area contributed by atoms with E-state index in [1.165, 1.54) is 5.56 Å². The number of aryl methyl sites for hydroxylation is 3. The third-order valence-corrected chi connectivity index (χ3v) is 6.99. The summed E-state index contributed by atoms with van der Waals surface area (Å²) in [6.07, 6.45) is 4.77. The summed E-state index contributed by atoms with van der Waals surface area (Å²) in [5.74, 6) is 1.09. The number of amides is 1. The van der Waals surface area contributed by atoms with Gasteiger partial charge in [0, 0.05) is 42.9 Å². The molecule has 6 nitrogen and oxygen atoms in total. The summed E-state index contributed by atoms with van der Waals surface area (Å²) in [5.41, 5.74) is 7.51. The van der Waals surface area contributed by atoms with Crippen molar-refractivity contribution in [1.82, 2.24) is 24.6 Å².